The van der Waals surface area contributed by atoms with Crippen LogP contribution in [0.5, 0.6) is 11.5 Å². The summed E-state index contributed by atoms with van der Waals surface area (Å²) >= 11 is 6.95. The van der Waals surface area contributed by atoms with Crippen LogP contribution in [0.15, 0.2) is 80.8 Å². The fourth-order valence-electron chi connectivity index (χ4n) is 3.35. The third kappa shape index (κ3) is 8.91. The van der Waals surface area contributed by atoms with E-state index in [1.54, 1.807) is 20.1 Å². The van der Waals surface area contributed by atoms with Crippen molar-refractivity contribution in [2.75, 3.05) is 13.7 Å². The molecule has 37 heavy (non-hydrogen) atoms. The van der Waals surface area contributed by atoms with Crippen molar-refractivity contribution in [3.05, 3.63) is 92.4 Å². The summed E-state index contributed by atoms with van der Waals surface area (Å²) in [7, 11) is 1.55. The van der Waals surface area contributed by atoms with E-state index < -0.39 is 12.1 Å². The van der Waals surface area contributed by atoms with E-state index in [9.17, 15) is 9.59 Å². The lowest BCUT2D eigenvalue weighted by Gasteiger charge is -2.18. The van der Waals surface area contributed by atoms with E-state index >= 15 is 0 Å². The van der Waals surface area contributed by atoms with Crippen LogP contribution in [0, 0.1) is 0 Å². The number of hydrogen-bond donors (Lipinski definition) is 2. The molecule has 3 rings (SSSR count). The molecule has 8 nitrogen and oxygen atoms in total. The number of hydrazone groups is 1. The van der Waals surface area contributed by atoms with Gasteiger partial charge >= 0.3 is 6.09 Å². The Kier molecular flexibility index (Phi) is 11.0. The van der Waals surface area contributed by atoms with Crippen LogP contribution in [-0.4, -0.2) is 31.9 Å². The molecule has 3 aromatic carbocycles. The van der Waals surface area contributed by atoms with Gasteiger partial charge in [-0.1, -0.05) is 58.4 Å². The Morgan fingerprint density at radius 3 is 2.46 bits per heavy atom. The lowest BCUT2D eigenvalue weighted by molar-refractivity contribution is -0.121. The van der Waals surface area contributed by atoms with E-state index in [2.05, 4.69) is 47.7 Å². The lowest BCUT2D eigenvalue weighted by Crippen LogP contribution is -2.33. The molecule has 194 valence electrons. The number of halogens is 2. The number of hydrogen-bond acceptors (Lipinski definition) is 6. The molecule has 2 amide bonds. The Balaban J connectivity index is 1.63. The molecule has 0 aliphatic carbocycles. The Hall–Kier alpha value is -3.37. The Morgan fingerprint density at radius 1 is 1.05 bits per heavy atom. The van der Waals surface area contributed by atoms with Gasteiger partial charge in [0.1, 0.15) is 6.61 Å². The average molecular weight is 633 g/mol. The summed E-state index contributed by atoms with van der Waals surface area (Å²) in [5, 5.41) is 6.78. The molecule has 0 aromatic heterocycles. The summed E-state index contributed by atoms with van der Waals surface area (Å²) in [6.45, 7) is 2.32. The predicted molar refractivity (Wildman–Crippen MR) is 149 cm³/mol. The first-order valence-electron chi connectivity index (χ1n) is 11.4. The van der Waals surface area contributed by atoms with Crippen molar-refractivity contribution in [1.82, 2.24) is 10.7 Å². The monoisotopic (exact) mass is 631 g/mol. The van der Waals surface area contributed by atoms with Crippen molar-refractivity contribution in [3.63, 3.8) is 0 Å². The lowest BCUT2D eigenvalue weighted by atomic mass is 10.0. The SMILES string of the molecule is CCOC(=O)N[C@H](CC(=O)N/N=C\c1cc(Br)c(OCc2ccc(Br)cc2)c(OC)c1)c1ccccc1. The van der Waals surface area contributed by atoms with E-state index in [-0.39, 0.29) is 18.9 Å². The predicted octanol–water partition coefficient (Wildman–Crippen LogP) is 6.13. The van der Waals surface area contributed by atoms with Crippen LogP contribution in [-0.2, 0) is 16.1 Å². The normalized spacial score (nSPS) is 11.6. The Labute approximate surface area is 232 Å². The summed E-state index contributed by atoms with van der Waals surface area (Å²) in [6, 6.07) is 20.0. The molecule has 10 heteroatoms. The molecule has 0 spiro atoms. The molecule has 1 atom stereocenters. The van der Waals surface area contributed by atoms with Crippen LogP contribution in [0.2, 0.25) is 0 Å². The number of ether oxygens (including phenoxy) is 3. The van der Waals surface area contributed by atoms with Crippen molar-refractivity contribution < 1.29 is 23.8 Å². The fraction of sp³-hybridized carbons (Fsp3) is 0.222. The maximum absolute atomic E-state index is 12.6. The largest absolute Gasteiger partial charge is 0.493 e. The molecule has 0 saturated heterocycles. The van der Waals surface area contributed by atoms with Gasteiger partial charge in [-0.25, -0.2) is 10.2 Å². The average Bonchev–Trinajstić information content (AvgIpc) is 2.89. The quantitative estimate of drug-likeness (QED) is 0.196. The highest BCUT2D eigenvalue weighted by Gasteiger charge is 2.19. The van der Waals surface area contributed by atoms with Crippen LogP contribution in [0.1, 0.15) is 36.1 Å². The van der Waals surface area contributed by atoms with E-state index in [0.717, 1.165) is 15.6 Å². The zero-order valence-corrected chi connectivity index (χ0v) is 23.5. The van der Waals surface area contributed by atoms with Gasteiger partial charge in [0.05, 0.1) is 36.9 Å². The highest BCUT2D eigenvalue weighted by molar-refractivity contribution is 9.10. The van der Waals surface area contributed by atoms with Gasteiger partial charge in [-0.3, -0.25) is 4.79 Å². The third-order valence-electron chi connectivity index (χ3n) is 5.11. The van der Waals surface area contributed by atoms with Crippen LogP contribution in [0.4, 0.5) is 4.79 Å². The zero-order valence-electron chi connectivity index (χ0n) is 20.4. The van der Waals surface area contributed by atoms with E-state index in [0.29, 0.717) is 28.1 Å². The summed E-state index contributed by atoms with van der Waals surface area (Å²) in [4.78, 5) is 24.5. The molecule has 0 radical (unpaired) electrons. The number of amides is 2. The number of carbonyl (C=O) groups excluding carboxylic acids is 2. The summed E-state index contributed by atoms with van der Waals surface area (Å²) < 4.78 is 18.1. The number of carbonyl (C=O) groups is 2. The van der Waals surface area contributed by atoms with Crippen molar-refractivity contribution in [2.45, 2.75) is 26.0 Å². The van der Waals surface area contributed by atoms with Gasteiger partial charge in [-0.15, -0.1) is 0 Å². The molecular weight excluding hydrogens is 606 g/mol. The Morgan fingerprint density at radius 2 is 1.78 bits per heavy atom. The standard InChI is InChI=1S/C27H27Br2N3O5/c1-3-36-27(34)31-23(20-7-5-4-6-8-20)15-25(33)32-30-16-19-13-22(29)26(24(14-19)35-2)37-17-18-9-11-21(28)12-10-18/h4-14,16,23H,3,15,17H2,1-2H3,(H,31,34)(H,32,33)/b30-16-/t23-/m1/s1. The van der Waals surface area contributed by atoms with Crippen molar-refractivity contribution in [1.29, 1.82) is 0 Å². The molecule has 3 aromatic rings. The number of nitrogens with one attached hydrogen (secondary N) is 2. The van der Waals surface area contributed by atoms with E-state index in [1.165, 1.54) is 6.21 Å². The molecule has 0 heterocycles. The maximum atomic E-state index is 12.6. The van der Waals surface area contributed by atoms with Gasteiger partial charge in [0.2, 0.25) is 5.91 Å². The summed E-state index contributed by atoms with van der Waals surface area (Å²) in [6.07, 6.45) is 0.891. The van der Waals surface area contributed by atoms with Crippen molar-refractivity contribution in [3.8, 4) is 11.5 Å². The minimum atomic E-state index is -0.591. The minimum Gasteiger partial charge on any atom is -0.493 e. The van der Waals surface area contributed by atoms with Crippen LogP contribution < -0.4 is 20.2 Å². The number of alkyl carbamates (subject to hydrolysis) is 1. The number of rotatable bonds is 11. The Bertz CT molecular complexity index is 1220. The third-order valence-corrected chi connectivity index (χ3v) is 6.23. The zero-order chi connectivity index (χ0) is 26.6. The van der Waals surface area contributed by atoms with Gasteiger partial charge in [-0.05, 0) is 63.8 Å². The molecule has 0 fully saturated rings. The van der Waals surface area contributed by atoms with Crippen molar-refractivity contribution in [2.24, 2.45) is 5.10 Å². The molecule has 0 bridgehead atoms. The second-order valence-corrected chi connectivity index (χ2v) is 9.54. The second kappa shape index (κ2) is 14.4. The topological polar surface area (TPSA) is 98.2 Å². The van der Waals surface area contributed by atoms with Crippen molar-refractivity contribution >= 4 is 50.1 Å². The summed E-state index contributed by atoms with van der Waals surface area (Å²) in [5.74, 6) is 0.701. The molecule has 0 saturated carbocycles. The highest BCUT2D eigenvalue weighted by atomic mass is 79.9. The van der Waals surface area contributed by atoms with Gasteiger partial charge in [0.25, 0.3) is 0 Å². The van der Waals surface area contributed by atoms with Gasteiger partial charge in [0, 0.05) is 4.47 Å². The smallest absolute Gasteiger partial charge is 0.407 e. The number of benzene rings is 3. The highest BCUT2D eigenvalue weighted by Crippen LogP contribution is 2.37. The molecule has 2 N–H and O–H groups in total. The number of methoxy groups -OCH3 is 1. The second-order valence-electron chi connectivity index (χ2n) is 7.77. The minimum absolute atomic E-state index is 0.0178. The molecule has 0 aliphatic rings. The van der Waals surface area contributed by atoms with Crippen LogP contribution >= 0.6 is 31.9 Å². The molecular formula is C27H27Br2N3O5. The van der Waals surface area contributed by atoms with Gasteiger partial charge < -0.3 is 19.5 Å². The summed E-state index contributed by atoms with van der Waals surface area (Å²) in [5.41, 5.74) is 4.98. The van der Waals surface area contributed by atoms with E-state index in [1.807, 2.05) is 60.7 Å². The maximum Gasteiger partial charge on any atom is 0.407 e. The van der Waals surface area contributed by atoms with Crippen LogP contribution in [0.3, 0.4) is 0 Å². The fourth-order valence-corrected chi connectivity index (χ4v) is 4.19. The first-order chi connectivity index (χ1) is 17.9. The molecule has 0 unspecified atom stereocenters. The van der Waals surface area contributed by atoms with Crippen LogP contribution in [0.25, 0.3) is 0 Å². The first-order valence-corrected chi connectivity index (χ1v) is 13.0. The first kappa shape index (κ1) is 28.2. The van der Waals surface area contributed by atoms with Gasteiger partial charge in [0.15, 0.2) is 11.5 Å². The molecule has 0 aliphatic heterocycles. The van der Waals surface area contributed by atoms with E-state index in [4.69, 9.17) is 14.2 Å². The van der Waals surface area contributed by atoms with Gasteiger partial charge in [-0.2, -0.15) is 5.10 Å². The number of nitrogens with zero attached hydrogens (tertiary/aromatic N) is 1.